The second kappa shape index (κ2) is 4.41. The molecule has 0 aliphatic carbocycles. The van der Waals surface area contributed by atoms with Crippen molar-refractivity contribution in [1.29, 1.82) is 5.41 Å². The molecule has 0 unspecified atom stereocenters. The fraction of sp³-hybridized carbons (Fsp3) is 0.231. The van der Waals surface area contributed by atoms with E-state index >= 15 is 0 Å². The highest BCUT2D eigenvalue weighted by atomic mass is 16.5. The molecule has 1 heterocycles. The average Bonchev–Trinajstić information content (AvgIpc) is 2.25. The molecule has 88 valence electrons. The van der Waals surface area contributed by atoms with Crippen LogP contribution < -0.4 is 10.5 Å². The van der Waals surface area contributed by atoms with E-state index in [2.05, 4.69) is 18.0 Å². The molecule has 2 aromatic rings. The highest BCUT2D eigenvalue weighted by Gasteiger charge is 2.03. The number of amidine groups is 1. The summed E-state index contributed by atoms with van der Waals surface area (Å²) in [6.45, 7) is 4.14. The van der Waals surface area contributed by atoms with E-state index < -0.39 is 0 Å². The molecule has 0 radical (unpaired) electrons. The quantitative estimate of drug-likeness (QED) is 0.625. The van der Waals surface area contributed by atoms with Gasteiger partial charge in [-0.05, 0) is 37.6 Å². The number of fused-ring (bicyclic) bond motifs is 1. The standard InChI is InChI=1S/C13H15N3O/c1-8-5-9(2)16-12-6-10(3-4-11(8)12)17-7-13(14)15/h3-6H,7H2,1-2H3,(H3,14,15). The van der Waals surface area contributed by atoms with Gasteiger partial charge in [-0.3, -0.25) is 10.4 Å². The minimum atomic E-state index is 0.0125. The third kappa shape index (κ3) is 2.53. The normalized spacial score (nSPS) is 10.5. The monoisotopic (exact) mass is 229 g/mol. The van der Waals surface area contributed by atoms with E-state index in [0.29, 0.717) is 5.75 Å². The Hall–Kier alpha value is -2.10. The summed E-state index contributed by atoms with van der Waals surface area (Å²) in [5, 5.41) is 8.23. The van der Waals surface area contributed by atoms with Crippen LogP contribution >= 0.6 is 0 Å². The number of aromatic nitrogens is 1. The number of nitrogens with zero attached hydrogens (tertiary/aromatic N) is 1. The summed E-state index contributed by atoms with van der Waals surface area (Å²) in [6.07, 6.45) is 0. The van der Waals surface area contributed by atoms with Crippen LogP contribution in [0.25, 0.3) is 10.9 Å². The maximum atomic E-state index is 7.11. The summed E-state index contributed by atoms with van der Waals surface area (Å²) >= 11 is 0. The second-order valence-electron chi connectivity index (χ2n) is 4.07. The largest absolute Gasteiger partial charge is 0.486 e. The van der Waals surface area contributed by atoms with E-state index in [0.717, 1.165) is 16.6 Å². The fourth-order valence-electron chi connectivity index (χ4n) is 1.80. The van der Waals surface area contributed by atoms with E-state index in [9.17, 15) is 0 Å². The van der Waals surface area contributed by atoms with E-state index in [4.69, 9.17) is 15.9 Å². The Labute approximate surface area is 99.9 Å². The van der Waals surface area contributed by atoms with Gasteiger partial charge in [0.25, 0.3) is 0 Å². The van der Waals surface area contributed by atoms with Crippen LogP contribution in [0.4, 0.5) is 0 Å². The number of nitrogens with one attached hydrogen (secondary N) is 1. The Morgan fingerprint density at radius 2 is 2.12 bits per heavy atom. The summed E-state index contributed by atoms with van der Waals surface area (Å²) in [6, 6.07) is 7.78. The highest BCUT2D eigenvalue weighted by molar-refractivity contribution is 5.83. The molecule has 4 heteroatoms. The van der Waals surface area contributed by atoms with Crippen LogP contribution in [0.3, 0.4) is 0 Å². The molecule has 0 aliphatic heterocycles. The molecule has 0 atom stereocenters. The summed E-state index contributed by atoms with van der Waals surface area (Å²) < 4.78 is 5.37. The molecule has 0 fully saturated rings. The summed E-state index contributed by atoms with van der Waals surface area (Å²) in [5.41, 5.74) is 8.33. The number of hydrogen-bond acceptors (Lipinski definition) is 3. The smallest absolute Gasteiger partial charge is 0.145 e. The Bertz CT molecular complexity index is 578. The van der Waals surface area contributed by atoms with Gasteiger partial charge in [-0.25, -0.2) is 0 Å². The molecular formula is C13H15N3O. The molecule has 4 nitrogen and oxygen atoms in total. The zero-order valence-corrected chi connectivity index (χ0v) is 9.95. The molecule has 0 saturated heterocycles. The molecule has 0 saturated carbocycles. The van der Waals surface area contributed by atoms with Crippen molar-refractivity contribution in [3.05, 3.63) is 35.5 Å². The van der Waals surface area contributed by atoms with Crippen molar-refractivity contribution in [3.63, 3.8) is 0 Å². The van der Waals surface area contributed by atoms with E-state index in [-0.39, 0.29) is 12.4 Å². The van der Waals surface area contributed by atoms with Crippen molar-refractivity contribution in [2.45, 2.75) is 13.8 Å². The van der Waals surface area contributed by atoms with Gasteiger partial charge in [0.2, 0.25) is 0 Å². The van der Waals surface area contributed by atoms with Crippen LogP contribution in [0.2, 0.25) is 0 Å². The number of ether oxygens (including phenoxy) is 1. The Kier molecular flexibility index (Phi) is 2.95. The molecule has 0 spiro atoms. The van der Waals surface area contributed by atoms with E-state index in [1.54, 1.807) is 0 Å². The average molecular weight is 229 g/mol. The lowest BCUT2D eigenvalue weighted by atomic mass is 10.1. The molecule has 17 heavy (non-hydrogen) atoms. The van der Waals surface area contributed by atoms with E-state index in [1.807, 2.05) is 25.1 Å². The molecular weight excluding hydrogens is 214 g/mol. The Balaban J connectivity index is 2.39. The number of pyridine rings is 1. The first-order chi connectivity index (χ1) is 8.06. The van der Waals surface area contributed by atoms with Crippen LogP contribution in [0.1, 0.15) is 11.3 Å². The molecule has 1 aromatic heterocycles. The van der Waals surface area contributed by atoms with Gasteiger partial charge in [-0.2, -0.15) is 0 Å². The van der Waals surface area contributed by atoms with Gasteiger partial charge >= 0.3 is 0 Å². The fourth-order valence-corrected chi connectivity index (χ4v) is 1.80. The predicted octanol–water partition coefficient (Wildman–Crippen LogP) is 2.17. The number of benzene rings is 1. The van der Waals surface area contributed by atoms with Crippen molar-refractivity contribution in [2.24, 2.45) is 5.73 Å². The van der Waals surface area contributed by atoms with Gasteiger partial charge < -0.3 is 10.5 Å². The lowest BCUT2D eigenvalue weighted by Crippen LogP contribution is -2.19. The van der Waals surface area contributed by atoms with Crippen molar-refractivity contribution in [1.82, 2.24) is 4.98 Å². The van der Waals surface area contributed by atoms with Crippen LogP contribution in [-0.2, 0) is 0 Å². The van der Waals surface area contributed by atoms with Crippen molar-refractivity contribution < 1.29 is 4.74 Å². The summed E-state index contributed by atoms with van der Waals surface area (Å²) in [7, 11) is 0. The van der Waals surface area contributed by atoms with Crippen LogP contribution in [0, 0.1) is 19.3 Å². The van der Waals surface area contributed by atoms with Crippen LogP contribution in [0.5, 0.6) is 5.75 Å². The van der Waals surface area contributed by atoms with Gasteiger partial charge in [0.15, 0.2) is 0 Å². The number of aryl methyl sites for hydroxylation is 2. The number of hydrogen-bond donors (Lipinski definition) is 2. The molecule has 0 aliphatic rings. The molecule has 3 N–H and O–H groups in total. The van der Waals surface area contributed by atoms with E-state index in [1.165, 1.54) is 5.56 Å². The summed E-state index contributed by atoms with van der Waals surface area (Å²) in [4.78, 5) is 4.46. The first kappa shape index (κ1) is 11.4. The lowest BCUT2D eigenvalue weighted by molar-refractivity contribution is 0.375. The molecule has 0 amide bonds. The maximum absolute atomic E-state index is 7.11. The Morgan fingerprint density at radius 1 is 1.35 bits per heavy atom. The van der Waals surface area contributed by atoms with Gasteiger partial charge in [0, 0.05) is 17.1 Å². The maximum Gasteiger partial charge on any atom is 0.145 e. The van der Waals surface area contributed by atoms with Crippen molar-refractivity contribution >= 4 is 16.7 Å². The van der Waals surface area contributed by atoms with Gasteiger partial charge in [0.05, 0.1) is 5.52 Å². The second-order valence-corrected chi connectivity index (χ2v) is 4.07. The van der Waals surface area contributed by atoms with Gasteiger partial charge in [0.1, 0.15) is 18.2 Å². The molecule has 0 bridgehead atoms. The van der Waals surface area contributed by atoms with Crippen molar-refractivity contribution in [3.8, 4) is 5.75 Å². The molecule has 2 rings (SSSR count). The third-order valence-corrected chi connectivity index (χ3v) is 2.51. The Morgan fingerprint density at radius 3 is 2.82 bits per heavy atom. The predicted molar refractivity (Wildman–Crippen MR) is 68.6 cm³/mol. The minimum Gasteiger partial charge on any atom is -0.486 e. The van der Waals surface area contributed by atoms with Crippen LogP contribution in [0.15, 0.2) is 24.3 Å². The summed E-state index contributed by atoms with van der Waals surface area (Å²) in [5.74, 6) is 0.698. The zero-order valence-electron chi connectivity index (χ0n) is 9.95. The topological polar surface area (TPSA) is 72.0 Å². The third-order valence-electron chi connectivity index (χ3n) is 2.51. The lowest BCUT2D eigenvalue weighted by Gasteiger charge is -2.08. The number of nitrogens with two attached hydrogens (primary N) is 1. The first-order valence-electron chi connectivity index (χ1n) is 5.40. The molecule has 1 aromatic carbocycles. The zero-order chi connectivity index (χ0) is 12.4. The SMILES string of the molecule is Cc1cc(C)c2ccc(OCC(=N)N)cc2n1. The minimum absolute atomic E-state index is 0.0125. The van der Waals surface area contributed by atoms with Crippen molar-refractivity contribution in [2.75, 3.05) is 6.61 Å². The van der Waals surface area contributed by atoms with Gasteiger partial charge in [-0.15, -0.1) is 0 Å². The first-order valence-corrected chi connectivity index (χ1v) is 5.40. The number of rotatable bonds is 3. The van der Waals surface area contributed by atoms with Crippen LogP contribution in [-0.4, -0.2) is 17.4 Å². The highest BCUT2D eigenvalue weighted by Crippen LogP contribution is 2.22. The van der Waals surface area contributed by atoms with Gasteiger partial charge in [-0.1, -0.05) is 0 Å².